The molecule has 0 bridgehead atoms. The highest BCUT2D eigenvalue weighted by Gasteiger charge is 2.45. The quantitative estimate of drug-likeness (QED) is 0.667. The van der Waals surface area contributed by atoms with Gasteiger partial charge in [-0.25, -0.2) is 0 Å². The van der Waals surface area contributed by atoms with Gasteiger partial charge in [0.15, 0.2) is 5.82 Å². The molecule has 5 nitrogen and oxygen atoms in total. The summed E-state index contributed by atoms with van der Waals surface area (Å²) >= 11 is 0. The van der Waals surface area contributed by atoms with Crippen molar-refractivity contribution in [3.8, 4) is 11.4 Å². The SMILES string of the molecule is Cc1cccc(C2(C(=O)Nc3cccc(-c4nnc5n4CCCCC5)c3)CCC2)c1. The molecular formula is C25H28N4O. The Morgan fingerprint density at radius 2 is 1.87 bits per heavy atom. The molecule has 0 unspecified atom stereocenters. The van der Waals surface area contributed by atoms with E-state index in [1.807, 2.05) is 18.2 Å². The van der Waals surface area contributed by atoms with Crippen molar-refractivity contribution in [3.63, 3.8) is 0 Å². The Morgan fingerprint density at radius 3 is 2.67 bits per heavy atom. The first-order chi connectivity index (χ1) is 14.7. The summed E-state index contributed by atoms with van der Waals surface area (Å²) < 4.78 is 2.24. The summed E-state index contributed by atoms with van der Waals surface area (Å²) in [7, 11) is 0. The first-order valence-electron chi connectivity index (χ1n) is 11.1. The molecule has 1 N–H and O–H groups in total. The summed E-state index contributed by atoms with van der Waals surface area (Å²) in [5.74, 6) is 2.07. The van der Waals surface area contributed by atoms with Crippen LogP contribution in [0.2, 0.25) is 0 Å². The second-order valence-electron chi connectivity index (χ2n) is 8.74. The van der Waals surface area contributed by atoms with Crippen molar-refractivity contribution in [1.29, 1.82) is 0 Å². The summed E-state index contributed by atoms with van der Waals surface area (Å²) in [6.45, 7) is 3.05. The third kappa shape index (κ3) is 3.32. The number of aryl methyl sites for hydroxylation is 2. The molecule has 30 heavy (non-hydrogen) atoms. The van der Waals surface area contributed by atoms with Gasteiger partial charge in [-0.05, 0) is 50.3 Å². The Bertz CT molecular complexity index is 1080. The topological polar surface area (TPSA) is 59.8 Å². The lowest BCUT2D eigenvalue weighted by atomic mass is 9.63. The molecule has 3 aromatic rings. The third-order valence-corrected chi connectivity index (χ3v) is 6.70. The zero-order valence-electron chi connectivity index (χ0n) is 17.5. The normalized spacial score (nSPS) is 17.5. The van der Waals surface area contributed by atoms with Gasteiger partial charge in [-0.2, -0.15) is 0 Å². The van der Waals surface area contributed by atoms with Crippen LogP contribution in [0.3, 0.4) is 0 Å². The van der Waals surface area contributed by atoms with Crippen molar-refractivity contribution < 1.29 is 4.79 Å². The predicted octanol–water partition coefficient (Wildman–Crippen LogP) is 5.04. The maximum absolute atomic E-state index is 13.4. The molecule has 0 saturated heterocycles. The molecule has 1 amide bonds. The number of hydrogen-bond acceptors (Lipinski definition) is 3. The fourth-order valence-corrected chi connectivity index (χ4v) is 4.81. The molecule has 1 aliphatic heterocycles. The third-order valence-electron chi connectivity index (χ3n) is 6.70. The van der Waals surface area contributed by atoms with Gasteiger partial charge in [0.2, 0.25) is 5.91 Å². The minimum absolute atomic E-state index is 0.0940. The average Bonchev–Trinajstić information content (AvgIpc) is 2.96. The zero-order valence-corrected chi connectivity index (χ0v) is 17.5. The number of benzene rings is 2. The van der Waals surface area contributed by atoms with Crippen molar-refractivity contribution in [2.24, 2.45) is 0 Å². The predicted molar refractivity (Wildman–Crippen MR) is 118 cm³/mol. The molecule has 154 valence electrons. The Morgan fingerprint density at radius 1 is 1.00 bits per heavy atom. The van der Waals surface area contributed by atoms with Crippen molar-refractivity contribution >= 4 is 11.6 Å². The van der Waals surface area contributed by atoms with Crippen molar-refractivity contribution in [1.82, 2.24) is 14.8 Å². The molecule has 1 saturated carbocycles. The highest BCUT2D eigenvalue weighted by Crippen LogP contribution is 2.45. The Balaban J connectivity index is 1.41. The molecule has 2 aromatic carbocycles. The lowest BCUT2D eigenvalue weighted by molar-refractivity contribution is -0.124. The van der Waals surface area contributed by atoms with Crippen LogP contribution in [0, 0.1) is 6.92 Å². The van der Waals surface area contributed by atoms with E-state index in [-0.39, 0.29) is 5.91 Å². The number of carbonyl (C=O) groups is 1. The maximum atomic E-state index is 13.4. The van der Waals surface area contributed by atoms with Crippen LogP contribution < -0.4 is 5.32 Å². The lowest BCUT2D eigenvalue weighted by Crippen LogP contribution is -2.46. The second-order valence-corrected chi connectivity index (χ2v) is 8.74. The fourth-order valence-electron chi connectivity index (χ4n) is 4.81. The van der Waals surface area contributed by atoms with Gasteiger partial charge in [-0.15, -0.1) is 10.2 Å². The molecule has 5 heteroatoms. The highest BCUT2D eigenvalue weighted by atomic mass is 16.2. The Hall–Kier alpha value is -2.95. The average molecular weight is 401 g/mol. The van der Waals surface area contributed by atoms with Crippen LogP contribution in [0.15, 0.2) is 48.5 Å². The number of rotatable bonds is 4. The van der Waals surface area contributed by atoms with Gasteiger partial charge in [0.25, 0.3) is 0 Å². The summed E-state index contributed by atoms with van der Waals surface area (Å²) in [5, 5.41) is 12.1. The molecule has 0 spiro atoms. The van der Waals surface area contributed by atoms with Crippen LogP contribution in [0.5, 0.6) is 0 Å². The number of fused-ring (bicyclic) bond motifs is 1. The van der Waals surface area contributed by atoms with E-state index in [9.17, 15) is 4.79 Å². The Labute approximate surface area is 177 Å². The number of hydrogen-bond donors (Lipinski definition) is 1. The smallest absolute Gasteiger partial charge is 0.235 e. The van der Waals surface area contributed by atoms with Crippen LogP contribution >= 0.6 is 0 Å². The first kappa shape index (κ1) is 19.0. The molecule has 2 aliphatic rings. The monoisotopic (exact) mass is 400 g/mol. The molecule has 0 atom stereocenters. The van der Waals surface area contributed by atoms with E-state index in [1.165, 1.54) is 18.4 Å². The maximum Gasteiger partial charge on any atom is 0.235 e. The number of nitrogens with zero attached hydrogens (tertiary/aromatic N) is 3. The van der Waals surface area contributed by atoms with Crippen molar-refractivity contribution in [2.75, 3.05) is 5.32 Å². The van der Waals surface area contributed by atoms with E-state index in [1.54, 1.807) is 0 Å². The highest BCUT2D eigenvalue weighted by molar-refractivity contribution is 6.00. The van der Waals surface area contributed by atoms with Gasteiger partial charge in [-0.3, -0.25) is 4.79 Å². The van der Waals surface area contributed by atoms with E-state index in [0.717, 1.165) is 67.1 Å². The van der Waals surface area contributed by atoms with Crippen LogP contribution in [-0.2, 0) is 23.2 Å². The minimum atomic E-state index is -0.409. The lowest BCUT2D eigenvalue weighted by Gasteiger charge is -2.41. The van der Waals surface area contributed by atoms with Gasteiger partial charge in [0, 0.05) is 24.2 Å². The summed E-state index contributed by atoms with van der Waals surface area (Å²) in [5.41, 5.74) is 3.74. The van der Waals surface area contributed by atoms with E-state index in [0.29, 0.717) is 0 Å². The fraction of sp³-hybridized carbons (Fsp3) is 0.400. The van der Waals surface area contributed by atoms with Gasteiger partial charge in [-0.1, -0.05) is 54.8 Å². The van der Waals surface area contributed by atoms with E-state index in [4.69, 9.17) is 0 Å². The molecule has 5 rings (SSSR count). The first-order valence-corrected chi connectivity index (χ1v) is 11.1. The summed E-state index contributed by atoms with van der Waals surface area (Å²) in [6.07, 6.45) is 7.46. The zero-order chi connectivity index (χ0) is 20.6. The summed E-state index contributed by atoms with van der Waals surface area (Å²) in [6, 6.07) is 16.4. The number of aromatic nitrogens is 3. The molecule has 2 heterocycles. The van der Waals surface area contributed by atoms with Crippen LogP contribution in [0.1, 0.15) is 55.5 Å². The van der Waals surface area contributed by atoms with Crippen LogP contribution in [0.4, 0.5) is 5.69 Å². The van der Waals surface area contributed by atoms with Gasteiger partial charge < -0.3 is 9.88 Å². The number of nitrogens with one attached hydrogen (secondary N) is 1. The van der Waals surface area contributed by atoms with E-state index in [2.05, 4.69) is 57.3 Å². The van der Waals surface area contributed by atoms with Crippen LogP contribution in [-0.4, -0.2) is 20.7 Å². The molecular weight excluding hydrogens is 372 g/mol. The molecule has 1 aliphatic carbocycles. The van der Waals surface area contributed by atoms with Gasteiger partial charge >= 0.3 is 0 Å². The van der Waals surface area contributed by atoms with Gasteiger partial charge in [0.05, 0.1) is 5.41 Å². The molecule has 1 aromatic heterocycles. The van der Waals surface area contributed by atoms with E-state index < -0.39 is 5.41 Å². The largest absolute Gasteiger partial charge is 0.325 e. The van der Waals surface area contributed by atoms with Crippen molar-refractivity contribution in [3.05, 3.63) is 65.5 Å². The van der Waals surface area contributed by atoms with Crippen LogP contribution in [0.25, 0.3) is 11.4 Å². The molecule has 0 radical (unpaired) electrons. The van der Waals surface area contributed by atoms with Crippen molar-refractivity contribution in [2.45, 2.75) is 63.8 Å². The summed E-state index contributed by atoms with van der Waals surface area (Å²) in [4.78, 5) is 13.4. The molecule has 1 fully saturated rings. The standard InChI is InChI=1S/C25H28N4O/c1-18-8-5-10-20(16-18)25(13-7-14-25)24(30)26-21-11-6-9-19(17-21)23-28-27-22-12-3-2-4-15-29(22)23/h5-6,8-11,16-17H,2-4,7,12-15H2,1H3,(H,26,30). The van der Waals surface area contributed by atoms with E-state index >= 15 is 0 Å². The Kier molecular flexibility index (Phi) is 4.89. The minimum Gasteiger partial charge on any atom is -0.325 e. The number of carbonyl (C=O) groups excluding carboxylic acids is 1. The number of anilines is 1. The number of amides is 1. The van der Waals surface area contributed by atoms with Gasteiger partial charge in [0.1, 0.15) is 5.82 Å². The second kappa shape index (κ2) is 7.71.